The third kappa shape index (κ3) is 4.91. The molecule has 2 atom stereocenters. The van der Waals surface area contributed by atoms with Crippen LogP contribution in [0.5, 0.6) is 0 Å². The van der Waals surface area contributed by atoms with Crippen LogP contribution in [0.15, 0.2) is 66.7 Å². The van der Waals surface area contributed by atoms with Gasteiger partial charge in [-0.2, -0.15) is 13.2 Å². The molecule has 3 aromatic rings. The molecule has 0 saturated carbocycles. The third-order valence-electron chi connectivity index (χ3n) is 4.99. The van der Waals surface area contributed by atoms with Crippen LogP contribution >= 0.6 is 0 Å². The summed E-state index contributed by atoms with van der Waals surface area (Å²) in [6.45, 7) is 2.76. The summed E-state index contributed by atoms with van der Waals surface area (Å²) in [6, 6.07) is 19.5. The molecule has 0 aliphatic rings. The number of benzene rings is 3. The highest BCUT2D eigenvalue weighted by Crippen LogP contribution is 2.31. The maximum atomic E-state index is 12.8. The quantitative estimate of drug-likeness (QED) is 0.486. The molecule has 148 valence electrons. The maximum Gasteiger partial charge on any atom is 0.416 e. The molecule has 3 aromatic carbocycles. The van der Waals surface area contributed by atoms with Crippen LogP contribution in [-0.2, 0) is 6.18 Å². The van der Waals surface area contributed by atoms with E-state index in [-0.39, 0.29) is 6.04 Å². The van der Waals surface area contributed by atoms with E-state index in [4.69, 9.17) is 0 Å². The van der Waals surface area contributed by atoms with Gasteiger partial charge in [0.25, 0.3) is 0 Å². The van der Waals surface area contributed by atoms with Crippen LogP contribution in [0.3, 0.4) is 0 Å². The Balaban J connectivity index is 1.54. The average Bonchev–Trinajstić information content (AvgIpc) is 2.70. The van der Waals surface area contributed by atoms with Gasteiger partial charge in [0.2, 0.25) is 0 Å². The zero-order chi connectivity index (χ0) is 20.1. The smallest absolute Gasteiger partial charge is 0.388 e. The van der Waals surface area contributed by atoms with Crippen LogP contribution in [0.1, 0.15) is 48.6 Å². The van der Waals surface area contributed by atoms with E-state index in [1.165, 1.54) is 28.5 Å². The van der Waals surface area contributed by atoms with Crippen LogP contribution in [0.25, 0.3) is 10.8 Å². The highest BCUT2D eigenvalue weighted by molar-refractivity contribution is 5.86. The first-order valence-electron chi connectivity index (χ1n) is 9.42. The van der Waals surface area contributed by atoms with E-state index in [0.717, 1.165) is 12.1 Å². The summed E-state index contributed by atoms with van der Waals surface area (Å²) in [5.41, 5.74) is 0.778. The molecular formula is C23H24F3NO. The van der Waals surface area contributed by atoms with Crippen molar-refractivity contribution in [3.63, 3.8) is 0 Å². The molecule has 1 unspecified atom stereocenters. The van der Waals surface area contributed by atoms with Crippen LogP contribution < -0.4 is 5.32 Å². The first-order chi connectivity index (χ1) is 13.4. The molecule has 2 nitrogen and oxygen atoms in total. The topological polar surface area (TPSA) is 32.3 Å². The fraction of sp³-hybridized carbons (Fsp3) is 0.304. The average molecular weight is 387 g/mol. The minimum atomic E-state index is -4.40. The fourth-order valence-corrected chi connectivity index (χ4v) is 3.44. The van der Waals surface area contributed by atoms with Gasteiger partial charge in [0.15, 0.2) is 0 Å². The molecule has 2 N–H and O–H groups in total. The van der Waals surface area contributed by atoms with Crippen molar-refractivity contribution in [2.24, 2.45) is 0 Å². The highest BCUT2D eigenvalue weighted by Gasteiger charge is 2.30. The Kier molecular flexibility index (Phi) is 6.37. The number of fused-ring (bicyclic) bond motifs is 1. The molecule has 0 aromatic heterocycles. The lowest BCUT2D eigenvalue weighted by molar-refractivity contribution is -0.137. The van der Waals surface area contributed by atoms with Gasteiger partial charge in [-0.05, 0) is 60.3 Å². The Bertz CT molecular complexity index is 918. The Hall–Kier alpha value is -2.37. The van der Waals surface area contributed by atoms with Crippen molar-refractivity contribution in [3.8, 4) is 0 Å². The summed E-state index contributed by atoms with van der Waals surface area (Å²) in [5, 5.41) is 16.1. The van der Waals surface area contributed by atoms with Gasteiger partial charge in [-0.3, -0.25) is 0 Å². The van der Waals surface area contributed by atoms with Crippen LogP contribution in [-0.4, -0.2) is 11.7 Å². The Morgan fingerprint density at radius 1 is 0.964 bits per heavy atom. The maximum absolute atomic E-state index is 12.8. The fourth-order valence-electron chi connectivity index (χ4n) is 3.44. The van der Waals surface area contributed by atoms with Crippen molar-refractivity contribution in [1.29, 1.82) is 0 Å². The van der Waals surface area contributed by atoms with E-state index in [2.05, 4.69) is 36.5 Å². The number of halogens is 3. The number of aliphatic hydroxyl groups is 1. The van der Waals surface area contributed by atoms with Crippen molar-refractivity contribution in [2.75, 3.05) is 6.54 Å². The molecule has 0 heterocycles. The minimum Gasteiger partial charge on any atom is -0.388 e. The SMILES string of the molecule is C[C@@H](NCCCC(O)c1cccc(C(F)(F)F)c1)c1cccc2ccccc12. The molecule has 28 heavy (non-hydrogen) atoms. The van der Waals surface area contributed by atoms with E-state index < -0.39 is 17.8 Å². The minimum absolute atomic E-state index is 0.136. The van der Waals surface area contributed by atoms with Gasteiger partial charge in [0.1, 0.15) is 0 Å². The predicted molar refractivity (Wildman–Crippen MR) is 106 cm³/mol. The lowest BCUT2D eigenvalue weighted by Gasteiger charge is -2.18. The first kappa shape index (κ1) is 20.4. The van der Waals surface area contributed by atoms with Crippen molar-refractivity contribution in [1.82, 2.24) is 5.32 Å². The molecule has 0 amide bonds. The van der Waals surface area contributed by atoms with Gasteiger partial charge in [-0.15, -0.1) is 0 Å². The number of nitrogens with one attached hydrogen (secondary N) is 1. The molecule has 0 radical (unpaired) electrons. The largest absolute Gasteiger partial charge is 0.416 e. The third-order valence-corrected chi connectivity index (χ3v) is 4.99. The van der Waals surface area contributed by atoms with E-state index in [9.17, 15) is 18.3 Å². The van der Waals surface area contributed by atoms with Crippen molar-refractivity contribution >= 4 is 10.8 Å². The summed E-state index contributed by atoms with van der Waals surface area (Å²) in [5.74, 6) is 0. The monoisotopic (exact) mass is 387 g/mol. The van der Waals surface area contributed by atoms with E-state index in [1.54, 1.807) is 0 Å². The number of rotatable bonds is 7. The Morgan fingerprint density at radius 3 is 2.46 bits per heavy atom. The standard InChI is InChI=1S/C23H24F3NO/c1-16(20-12-5-8-17-7-2-3-11-21(17)20)27-14-6-13-22(28)18-9-4-10-19(15-18)23(24,25)26/h2-5,7-12,15-16,22,27-28H,6,13-14H2,1H3/t16-,22?/m1/s1. The van der Waals surface area contributed by atoms with Crippen molar-refractivity contribution < 1.29 is 18.3 Å². The number of hydrogen-bond donors (Lipinski definition) is 2. The van der Waals surface area contributed by atoms with Gasteiger partial charge < -0.3 is 10.4 Å². The predicted octanol–water partition coefficient (Wildman–Crippen LogP) is 6.02. The summed E-state index contributed by atoms with van der Waals surface area (Å²) in [6.07, 6.45) is -4.24. The summed E-state index contributed by atoms with van der Waals surface area (Å²) in [4.78, 5) is 0. The van der Waals surface area contributed by atoms with Gasteiger partial charge in [0.05, 0.1) is 11.7 Å². The van der Waals surface area contributed by atoms with Crippen molar-refractivity contribution in [3.05, 3.63) is 83.4 Å². The molecule has 0 saturated heterocycles. The molecule has 0 spiro atoms. The molecule has 0 aliphatic heterocycles. The summed E-state index contributed by atoms with van der Waals surface area (Å²) >= 11 is 0. The number of hydrogen-bond acceptors (Lipinski definition) is 2. The van der Waals surface area contributed by atoms with Crippen LogP contribution in [0.4, 0.5) is 13.2 Å². The van der Waals surface area contributed by atoms with Gasteiger partial charge in [0, 0.05) is 6.04 Å². The molecule has 5 heteroatoms. The molecule has 0 bridgehead atoms. The van der Waals surface area contributed by atoms with Gasteiger partial charge in [-0.25, -0.2) is 0 Å². The normalized spacial score (nSPS) is 14.2. The second kappa shape index (κ2) is 8.76. The lowest BCUT2D eigenvalue weighted by Crippen LogP contribution is -2.20. The Morgan fingerprint density at radius 2 is 1.68 bits per heavy atom. The molecule has 0 fully saturated rings. The molecule has 0 aliphatic carbocycles. The first-order valence-corrected chi connectivity index (χ1v) is 9.42. The van der Waals surface area contributed by atoms with Crippen LogP contribution in [0, 0.1) is 0 Å². The summed E-state index contributed by atoms with van der Waals surface area (Å²) < 4.78 is 38.4. The van der Waals surface area contributed by atoms with Crippen LogP contribution in [0.2, 0.25) is 0 Å². The zero-order valence-corrected chi connectivity index (χ0v) is 15.7. The van der Waals surface area contributed by atoms with E-state index in [0.29, 0.717) is 24.9 Å². The second-order valence-electron chi connectivity index (χ2n) is 7.03. The number of aliphatic hydroxyl groups excluding tert-OH is 1. The van der Waals surface area contributed by atoms with Gasteiger partial charge >= 0.3 is 6.18 Å². The number of alkyl halides is 3. The van der Waals surface area contributed by atoms with Gasteiger partial charge in [-0.1, -0.05) is 54.6 Å². The molecule has 3 rings (SSSR count). The second-order valence-corrected chi connectivity index (χ2v) is 7.03. The summed E-state index contributed by atoms with van der Waals surface area (Å²) in [7, 11) is 0. The van der Waals surface area contributed by atoms with Crippen molar-refractivity contribution in [2.45, 2.75) is 38.1 Å². The molecular weight excluding hydrogens is 363 g/mol. The van der Waals surface area contributed by atoms with E-state index >= 15 is 0 Å². The zero-order valence-electron chi connectivity index (χ0n) is 15.7. The van der Waals surface area contributed by atoms with E-state index in [1.807, 2.05) is 18.2 Å². The highest BCUT2D eigenvalue weighted by atomic mass is 19.4. The Labute approximate surface area is 163 Å². The lowest BCUT2D eigenvalue weighted by atomic mass is 9.99.